The Bertz CT molecular complexity index is 594. The maximum Gasteiger partial charge on any atom is 0.331 e. The third-order valence-electron chi connectivity index (χ3n) is 3.02. The van der Waals surface area contributed by atoms with Gasteiger partial charge in [0, 0.05) is 19.2 Å². The van der Waals surface area contributed by atoms with Crippen LogP contribution in [0.15, 0.2) is 30.3 Å². The van der Waals surface area contributed by atoms with E-state index in [9.17, 15) is 14.4 Å². The molecule has 116 valence electrons. The molecule has 0 bridgehead atoms. The molecule has 1 fully saturated rings. The molecular formula is C15H16N2O5. The monoisotopic (exact) mass is 304 g/mol. The molecule has 1 aromatic carbocycles. The molecule has 0 saturated carbocycles. The summed E-state index contributed by atoms with van der Waals surface area (Å²) < 4.78 is 9.84. The summed E-state index contributed by atoms with van der Waals surface area (Å²) >= 11 is 0. The fourth-order valence-electron chi connectivity index (χ4n) is 1.85. The van der Waals surface area contributed by atoms with E-state index in [1.807, 2.05) is 0 Å². The first kappa shape index (κ1) is 15.6. The zero-order valence-corrected chi connectivity index (χ0v) is 12.1. The highest BCUT2D eigenvalue weighted by Gasteiger charge is 2.26. The number of rotatable bonds is 5. The second kappa shape index (κ2) is 7.26. The van der Waals surface area contributed by atoms with Crippen molar-refractivity contribution in [3.63, 3.8) is 0 Å². The van der Waals surface area contributed by atoms with E-state index < -0.39 is 24.5 Å². The lowest BCUT2D eigenvalue weighted by molar-refractivity contribution is -0.146. The minimum absolute atomic E-state index is 0.289. The maximum atomic E-state index is 11.7. The van der Waals surface area contributed by atoms with E-state index in [0.29, 0.717) is 12.3 Å². The molecule has 1 N–H and O–H groups in total. The molecular weight excluding hydrogens is 288 g/mol. The number of hydrogen-bond donors (Lipinski definition) is 1. The first-order valence-electron chi connectivity index (χ1n) is 6.67. The van der Waals surface area contributed by atoms with Gasteiger partial charge in [0.15, 0.2) is 6.61 Å². The van der Waals surface area contributed by atoms with Crippen LogP contribution in [0.5, 0.6) is 5.75 Å². The Kier molecular flexibility index (Phi) is 5.13. The molecule has 7 heteroatoms. The molecule has 0 aromatic heterocycles. The summed E-state index contributed by atoms with van der Waals surface area (Å²) in [5, 5.41) is 2.50. The molecule has 1 heterocycles. The molecule has 1 aliphatic heterocycles. The van der Waals surface area contributed by atoms with E-state index >= 15 is 0 Å². The van der Waals surface area contributed by atoms with Crippen LogP contribution >= 0.6 is 0 Å². The minimum atomic E-state index is -0.649. The number of ether oxygens (including phenoxy) is 2. The largest absolute Gasteiger partial charge is 0.497 e. The van der Waals surface area contributed by atoms with Gasteiger partial charge in [-0.15, -0.1) is 0 Å². The third-order valence-corrected chi connectivity index (χ3v) is 3.02. The average molecular weight is 304 g/mol. The Hall–Kier alpha value is -2.83. The van der Waals surface area contributed by atoms with Gasteiger partial charge in [-0.2, -0.15) is 0 Å². The highest BCUT2D eigenvalue weighted by Crippen LogP contribution is 2.12. The Morgan fingerprint density at radius 3 is 2.64 bits per heavy atom. The lowest BCUT2D eigenvalue weighted by Gasteiger charge is -2.11. The van der Waals surface area contributed by atoms with Gasteiger partial charge in [0.25, 0.3) is 5.91 Å². The van der Waals surface area contributed by atoms with Crippen molar-refractivity contribution in [1.29, 1.82) is 0 Å². The van der Waals surface area contributed by atoms with Crippen molar-refractivity contribution >= 4 is 24.0 Å². The van der Waals surface area contributed by atoms with Gasteiger partial charge in [-0.05, 0) is 23.8 Å². The van der Waals surface area contributed by atoms with Crippen LogP contribution in [-0.4, -0.2) is 49.6 Å². The van der Waals surface area contributed by atoms with E-state index in [1.165, 1.54) is 6.08 Å². The lowest BCUT2D eigenvalue weighted by Crippen LogP contribution is -2.37. The summed E-state index contributed by atoms with van der Waals surface area (Å²) in [6.45, 7) is 0.242. The third kappa shape index (κ3) is 4.08. The van der Waals surface area contributed by atoms with E-state index in [0.717, 1.165) is 10.5 Å². The van der Waals surface area contributed by atoms with Crippen molar-refractivity contribution in [2.45, 2.75) is 0 Å². The molecule has 3 amide bonds. The van der Waals surface area contributed by atoms with Crippen LogP contribution in [0, 0.1) is 0 Å². The van der Waals surface area contributed by atoms with Gasteiger partial charge in [-0.1, -0.05) is 12.1 Å². The number of hydrogen-bond acceptors (Lipinski definition) is 5. The van der Waals surface area contributed by atoms with Gasteiger partial charge in [0.1, 0.15) is 5.75 Å². The highest BCUT2D eigenvalue weighted by molar-refractivity contribution is 5.97. The van der Waals surface area contributed by atoms with E-state index in [4.69, 9.17) is 9.47 Å². The Balaban J connectivity index is 1.80. The van der Waals surface area contributed by atoms with Crippen molar-refractivity contribution in [2.75, 3.05) is 26.8 Å². The predicted octanol–water partition coefficient (Wildman–Crippen LogP) is 0.803. The molecule has 0 radical (unpaired) electrons. The number of imide groups is 1. The van der Waals surface area contributed by atoms with E-state index in [2.05, 4.69) is 5.32 Å². The van der Waals surface area contributed by atoms with Gasteiger partial charge in [0.05, 0.1) is 7.11 Å². The average Bonchev–Trinajstić information content (AvgIpc) is 2.97. The zero-order valence-electron chi connectivity index (χ0n) is 12.1. The Morgan fingerprint density at radius 2 is 2.05 bits per heavy atom. The van der Waals surface area contributed by atoms with Crippen molar-refractivity contribution in [3.05, 3.63) is 35.9 Å². The number of benzene rings is 1. The normalized spacial score (nSPS) is 14.0. The molecule has 0 unspecified atom stereocenters. The van der Waals surface area contributed by atoms with Crippen LogP contribution in [0.1, 0.15) is 5.56 Å². The number of esters is 1. The molecule has 7 nitrogen and oxygen atoms in total. The second-order valence-corrected chi connectivity index (χ2v) is 4.49. The van der Waals surface area contributed by atoms with Crippen LogP contribution < -0.4 is 10.1 Å². The summed E-state index contributed by atoms with van der Waals surface area (Å²) in [7, 11) is 1.57. The van der Waals surface area contributed by atoms with Crippen LogP contribution in [0.25, 0.3) is 6.08 Å². The number of nitrogens with zero attached hydrogens (tertiary/aromatic N) is 1. The van der Waals surface area contributed by atoms with E-state index in [1.54, 1.807) is 37.5 Å². The van der Waals surface area contributed by atoms with Crippen LogP contribution in [-0.2, 0) is 14.3 Å². The van der Waals surface area contributed by atoms with Crippen LogP contribution in [0.2, 0.25) is 0 Å². The quantitative estimate of drug-likeness (QED) is 0.642. The summed E-state index contributed by atoms with van der Waals surface area (Å²) in [5.41, 5.74) is 0.794. The van der Waals surface area contributed by atoms with Crippen LogP contribution in [0.3, 0.4) is 0 Å². The fourth-order valence-corrected chi connectivity index (χ4v) is 1.85. The number of urea groups is 1. The molecule has 22 heavy (non-hydrogen) atoms. The van der Waals surface area contributed by atoms with Gasteiger partial charge in [0.2, 0.25) is 0 Å². The van der Waals surface area contributed by atoms with Crippen molar-refractivity contribution < 1.29 is 23.9 Å². The van der Waals surface area contributed by atoms with Crippen molar-refractivity contribution in [1.82, 2.24) is 10.2 Å². The predicted molar refractivity (Wildman–Crippen MR) is 78.1 cm³/mol. The molecule has 0 atom stereocenters. The molecule has 0 spiro atoms. The molecule has 0 aliphatic carbocycles. The number of carbonyl (C=O) groups is 3. The highest BCUT2D eigenvalue weighted by atomic mass is 16.5. The van der Waals surface area contributed by atoms with Crippen molar-refractivity contribution in [2.24, 2.45) is 0 Å². The number of amides is 3. The maximum absolute atomic E-state index is 11.7. The molecule has 2 rings (SSSR count). The first-order valence-corrected chi connectivity index (χ1v) is 6.67. The summed E-state index contributed by atoms with van der Waals surface area (Å²) in [4.78, 5) is 35.5. The summed E-state index contributed by atoms with van der Waals surface area (Å²) in [5.74, 6) is -0.473. The van der Waals surface area contributed by atoms with Gasteiger partial charge in [-0.25, -0.2) is 9.59 Å². The van der Waals surface area contributed by atoms with E-state index in [-0.39, 0.29) is 6.54 Å². The topological polar surface area (TPSA) is 84.9 Å². The standard InChI is InChI=1S/C15H16N2O5/c1-21-12-5-2-11(3-6-12)4-7-14(19)22-10-13(18)17-9-8-16-15(17)20/h2-7H,8-10H2,1H3,(H,16,20)/b7-4+. The minimum Gasteiger partial charge on any atom is -0.497 e. The molecule has 1 aliphatic rings. The van der Waals surface area contributed by atoms with Crippen molar-refractivity contribution in [3.8, 4) is 5.75 Å². The summed E-state index contributed by atoms with van der Waals surface area (Å²) in [6.07, 6.45) is 2.79. The number of methoxy groups -OCH3 is 1. The van der Waals surface area contributed by atoms with Gasteiger partial charge in [-0.3, -0.25) is 9.69 Å². The zero-order chi connectivity index (χ0) is 15.9. The summed E-state index contributed by atoms with van der Waals surface area (Å²) in [6, 6.07) is 6.63. The molecule has 1 saturated heterocycles. The molecule has 1 aromatic rings. The first-order chi connectivity index (χ1) is 10.6. The van der Waals surface area contributed by atoms with Gasteiger partial charge >= 0.3 is 12.0 Å². The lowest BCUT2D eigenvalue weighted by atomic mass is 10.2. The Morgan fingerprint density at radius 1 is 1.32 bits per heavy atom. The Labute approximate surface area is 127 Å². The smallest absolute Gasteiger partial charge is 0.331 e. The number of carbonyl (C=O) groups excluding carboxylic acids is 3. The van der Waals surface area contributed by atoms with Crippen LogP contribution in [0.4, 0.5) is 4.79 Å². The number of nitrogens with one attached hydrogen (secondary N) is 1. The SMILES string of the molecule is COc1ccc(/C=C/C(=O)OCC(=O)N2CCNC2=O)cc1. The van der Waals surface area contributed by atoms with Gasteiger partial charge < -0.3 is 14.8 Å². The fraction of sp³-hybridized carbons (Fsp3) is 0.267. The second-order valence-electron chi connectivity index (χ2n) is 4.49.